The first kappa shape index (κ1) is 13.5. The molecule has 92 valence electrons. The van der Waals surface area contributed by atoms with Crippen molar-refractivity contribution in [1.82, 2.24) is 20.1 Å². The third-order valence-corrected chi connectivity index (χ3v) is 3.09. The fourth-order valence-corrected chi connectivity index (χ4v) is 1.91. The molecule has 0 saturated heterocycles. The molecule has 0 aliphatic heterocycles. The van der Waals surface area contributed by atoms with E-state index in [2.05, 4.69) is 54.9 Å². The van der Waals surface area contributed by atoms with Gasteiger partial charge >= 0.3 is 0 Å². The SMILES string of the molecule is CN(C)CCCSc1n[nH]c(C(C)(C)C)n1. The van der Waals surface area contributed by atoms with Crippen LogP contribution in [0.15, 0.2) is 5.16 Å². The second-order valence-corrected chi connectivity index (χ2v) is 6.28. The molecule has 0 aliphatic rings. The highest BCUT2D eigenvalue weighted by atomic mass is 32.2. The zero-order valence-corrected chi connectivity index (χ0v) is 11.7. The van der Waals surface area contributed by atoms with Gasteiger partial charge in [0.1, 0.15) is 5.82 Å². The molecule has 5 heteroatoms. The molecule has 0 fully saturated rings. The van der Waals surface area contributed by atoms with Crippen LogP contribution in [0.2, 0.25) is 0 Å². The van der Waals surface area contributed by atoms with Gasteiger partial charge in [-0.05, 0) is 27.1 Å². The molecule has 0 amide bonds. The quantitative estimate of drug-likeness (QED) is 0.635. The van der Waals surface area contributed by atoms with Crippen LogP contribution in [0.5, 0.6) is 0 Å². The van der Waals surface area contributed by atoms with Crippen LogP contribution in [0.1, 0.15) is 33.0 Å². The third kappa shape index (κ3) is 4.53. The van der Waals surface area contributed by atoms with E-state index in [0.717, 1.165) is 29.7 Å². The van der Waals surface area contributed by atoms with Gasteiger partial charge in [-0.15, -0.1) is 5.10 Å². The summed E-state index contributed by atoms with van der Waals surface area (Å²) in [4.78, 5) is 6.67. The van der Waals surface area contributed by atoms with E-state index < -0.39 is 0 Å². The maximum Gasteiger partial charge on any atom is 0.208 e. The Hall–Kier alpha value is -0.550. The van der Waals surface area contributed by atoms with E-state index in [-0.39, 0.29) is 5.41 Å². The van der Waals surface area contributed by atoms with Crippen molar-refractivity contribution in [3.63, 3.8) is 0 Å². The Morgan fingerprint density at radius 3 is 2.50 bits per heavy atom. The number of thioether (sulfide) groups is 1. The largest absolute Gasteiger partial charge is 0.309 e. The zero-order valence-electron chi connectivity index (χ0n) is 10.9. The molecule has 1 rings (SSSR count). The topological polar surface area (TPSA) is 44.8 Å². The number of rotatable bonds is 5. The molecule has 0 saturated carbocycles. The molecule has 0 spiro atoms. The molecular weight excluding hydrogens is 220 g/mol. The number of nitrogens with zero attached hydrogens (tertiary/aromatic N) is 3. The molecule has 0 aliphatic carbocycles. The molecule has 0 radical (unpaired) electrons. The summed E-state index contributed by atoms with van der Waals surface area (Å²) < 4.78 is 0. The molecule has 0 unspecified atom stereocenters. The Balaban J connectivity index is 2.36. The van der Waals surface area contributed by atoms with Gasteiger partial charge in [0, 0.05) is 11.2 Å². The van der Waals surface area contributed by atoms with E-state index in [1.807, 2.05) is 0 Å². The predicted octanol–water partition coefficient (Wildman–Crippen LogP) is 2.15. The van der Waals surface area contributed by atoms with Gasteiger partial charge in [-0.25, -0.2) is 4.98 Å². The molecule has 0 atom stereocenters. The maximum atomic E-state index is 4.48. The molecule has 0 bridgehead atoms. The smallest absolute Gasteiger partial charge is 0.208 e. The molecule has 1 N–H and O–H groups in total. The zero-order chi connectivity index (χ0) is 12.2. The van der Waals surface area contributed by atoms with E-state index in [1.54, 1.807) is 11.8 Å². The summed E-state index contributed by atoms with van der Waals surface area (Å²) in [5.74, 6) is 2.03. The minimum absolute atomic E-state index is 0.0510. The first-order valence-corrected chi connectivity index (χ1v) is 6.58. The van der Waals surface area contributed by atoms with Gasteiger partial charge in [-0.2, -0.15) is 0 Å². The highest BCUT2D eigenvalue weighted by Gasteiger charge is 2.18. The van der Waals surface area contributed by atoms with Crippen molar-refractivity contribution in [3.8, 4) is 0 Å². The molecule has 1 heterocycles. The number of hydrogen-bond donors (Lipinski definition) is 1. The van der Waals surface area contributed by atoms with Crippen molar-refractivity contribution in [3.05, 3.63) is 5.82 Å². The average Bonchev–Trinajstić information content (AvgIpc) is 2.59. The Morgan fingerprint density at radius 1 is 1.31 bits per heavy atom. The van der Waals surface area contributed by atoms with E-state index in [0.29, 0.717) is 0 Å². The van der Waals surface area contributed by atoms with Crippen LogP contribution in [0.4, 0.5) is 0 Å². The second-order valence-electron chi connectivity index (χ2n) is 5.22. The lowest BCUT2D eigenvalue weighted by Crippen LogP contribution is -2.13. The van der Waals surface area contributed by atoms with Gasteiger partial charge in [0.05, 0.1) is 0 Å². The van der Waals surface area contributed by atoms with E-state index >= 15 is 0 Å². The van der Waals surface area contributed by atoms with Crippen LogP contribution in [0.25, 0.3) is 0 Å². The summed E-state index contributed by atoms with van der Waals surface area (Å²) in [6.45, 7) is 7.51. The average molecular weight is 242 g/mol. The highest BCUT2D eigenvalue weighted by molar-refractivity contribution is 7.99. The molecule has 1 aromatic rings. The van der Waals surface area contributed by atoms with Crippen LogP contribution in [0.3, 0.4) is 0 Å². The van der Waals surface area contributed by atoms with Crippen LogP contribution in [0, 0.1) is 0 Å². The van der Waals surface area contributed by atoms with E-state index in [1.165, 1.54) is 0 Å². The van der Waals surface area contributed by atoms with Crippen molar-refractivity contribution in [2.45, 2.75) is 37.8 Å². The number of nitrogens with one attached hydrogen (secondary N) is 1. The predicted molar refractivity (Wildman–Crippen MR) is 69.0 cm³/mol. The standard InChI is InChI=1S/C11H22N4S/c1-11(2,3)9-12-10(14-13-9)16-8-6-7-15(4)5/h6-8H2,1-5H3,(H,12,13,14). The molecule has 16 heavy (non-hydrogen) atoms. The summed E-state index contributed by atoms with van der Waals surface area (Å²) in [6, 6.07) is 0. The fourth-order valence-electron chi connectivity index (χ4n) is 1.19. The van der Waals surface area contributed by atoms with Crippen LogP contribution in [-0.4, -0.2) is 46.5 Å². The van der Waals surface area contributed by atoms with Gasteiger partial charge in [0.15, 0.2) is 0 Å². The van der Waals surface area contributed by atoms with Crippen molar-refractivity contribution in [2.75, 3.05) is 26.4 Å². The van der Waals surface area contributed by atoms with E-state index in [9.17, 15) is 0 Å². The Labute approximate surface area is 102 Å². The molecule has 4 nitrogen and oxygen atoms in total. The van der Waals surface area contributed by atoms with Gasteiger partial charge in [-0.3, -0.25) is 5.10 Å². The summed E-state index contributed by atoms with van der Waals surface area (Å²) in [7, 11) is 4.18. The van der Waals surface area contributed by atoms with Crippen LogP contribution < -0.4 is 0 Å². The Bertz CT molecular complexity index is 314. The van der Waals surface area contributed by atoms with Gasteiger partial charge in [-0.1, -0.05) is 32.5 Å². The Kier molecular flexibility index (Phi) is 4.80. The third-order valence-electron chi connectivity index (χ3n) is 2.16. The molecular formula is C11H22N4S. The fraction of sp³-hybridized carbons (Fsp3) is 0.818. The summed E-state index contributed by atoms with van der Waals surface area (Å²) in [5.41, 5.74) is 0.0510. The van der Waals surface area contributed by atoms with Gasteiger partial charge in [0.25, 0.3) is 0 Å². The first-order valence-electron chi connectivity index (χ1n) is 5.60. The lowest BCUT2D eigenvalue weighted by molar-refractivity contribution is 0.410. The van der Waals surface area contributed by atoms with Crippen molar-refractivity contribution < 1.29 is 0 Å². The van der Waals surface area contributed by atoms with Crippen molar-refractivity contribution >= 4 is 11.8 Å². The van der Waals surface area contributed by atoms with Crippen LogP contribution in [-0.2, 0) is 5.41 Å². The Morgan fingerprint density at radius 2 is 2.00 bits per heavy atom. The summed E-state index contributed by atoms with van der Waals surface area (Å²) >= 11 is 1.72. The number of hydrogen-bond acceptors (Lipinski definition) is 4. The number of aromatic nitrogens is 3. The van der Waals surface area contributed by atoms with Gasteiger partial charge < -0.3 is 4.90 Å². The normalized spacial score (nSPS) is 12.4. The van der Waals surface area contributed by atoms with Crippen LogP contribution >= 0.6 is 11.8 Å². The molecule has 0 aromatic carbocycles. The first-order chi connectivity index (χ1) is 7.39. The highest BCUT2D eigenvalue weighted by Crippen LogP contribution is 2.21. The minimum atomic E-state index is 0.0510. The molecule has 1 aromatic heterocycles. The number of H-pyrrole nitrogens is 1. The maximum absolute atomic E-state index is 4.48. The van der Waals surface area contributed by atoms with E-state index in [4.69, 9.17) is 0 Å². The second kappa shape index (κ2) is 5.68. The lowest BCUT2D eigenvalue weighted by atomic mass is 9.96. The lowest BCUT2D eigenvalue weighted by Gasteiger charge is -2.12. The van der Waals surface area contributed by atoms with Crippen molar-refractivity contribution in [2.24, 2.45) is 0 Å². The minimum Gasteiger partial charge on any atom is -0.309 e. The number of aromatic amines is 1. The van der Waals surface area contributed by atoms with Gasteiger partial charge in [0.2, 0.25) is 5.16 Å². The summed E-state index contributed by atoms with van der Waals surface area (Å²) in [5, 5.41) is 8.08. The summed E-state index contributed by atoms with van der Waals surface area (Å²) in [6.07, 6.45) is 1.16. The van der Waals surface area contributed by atoms with Crippen molar-refractivity contribution in [1.29, 1.82) is 0 Å². The monoisotopic (exact) mass is 242 g/mol.